The molecule has 1 aromatic heterocycles. The molecule has 1 aliphatic carbocycles. The fourth-order valence-corrected chi connectivity index (χ4v) is 4.76. The van der Waals surface area contributed by atoms with Crippen molar-refractivity contribution in [1.82, 2.24) is 14.8 Å². The minimum Gasteiger partial charge on any atom is -0.357 e. The largest absolute Gasteiger partial charge is 0.357 e. The first-order chi connectivity index (χ1) is 13.0. The molecule has 1 unspecified atom stereocenters. The minimum atomic E-state index is -0.337. The van der Waals surface area contributed by atoms with E-state index in [4.69, 9.17) is 0 Å². The van der Waals surface area contributed by atoms with Crippen LogP contribution < -0.4 is 5.32 Å². The van der Waals surface area contributed by atoms with E-state index < -0.39 is 0 Å². The van der Waals surface area contributed by atoms with Gasteiger partial charge in [-0.25, -0.2) is 0 Å². The number of nitrogens with zero attached hydrogens (tertiary/aromatic N) is 2. The maximum absolute atomic E-state index is 12.8. The maximum Gasteiger partial charge on any atom is 0.247 e. The van der Waals surface area contributed by atoms with Gasteiger partial charge in [-0.15, -0.1) is 0 Å². The highest BCUT2D eigenvalue weighted by atomic mass is 16.2. The van der Waals surface area contributed by atoms with Crippen molar-refractivity contribution >= 4 is 17.9 Å². The summed E-state index contributed by atoms with van der Waals surface area (Å²) in [7, 11) is 1.63. The summed E-state index contributed by atoms with van der Waals surface area (Å²) < 4.78 is 2.46. The zero-order valence-electron chi connectivity index (χ0n) is 17.0. The number of carbonyl (C=O) groups excluding carboxylic acids is 2. The molecule has 2 fully saturated rings. The SMILES string of the molecule is CNC(=O)C1CCCCN1C(=O)C=Cc1cc(C)n(C2CCCCC2)c1C. The smallest absolute Gasteiger partial charge is 0.247 e. The van der Waals surface area contributed by atoms with Gasteiger partial charge in [-0.05, 0) is 63.7 Å². The number of likely N-dealkylation sites (tertiary alicyclic amines) is 1. The Morgan fingerprint density at radius 3 is 2.48 bits per heavy atom. The molecule has 5 nitrogen and oxygen atoms in total. The predicted octanol–water partition coefficient (Wildman–Crippen LogP) is 3.75. The first kappa shape index (κ1) is 19.7. The first-order valence-electron chi connectivity index (χ1n) is 10.4. The Bertz CT molecular complexity index is 713. The van der Waals surface area contributed by atoms with Crippen molar-refractivity contribution in [2.75, 3.05) is 13.6 Å². The number of aromatic nitrogens is 1. The second-order valence-corrected chi connectivity index (χ2v) is 7.98. The lowest BCUT2D eigenvalue weighted by Crippen LogP contribution is -2.50. The van der Waals surface area contributed by atoms with Crippen LogP contribution in [-0.4, -0.2) is 40.9 Å². The van der Waals surface area contributed by atoms with Gasteiger partial charge >= 0.3 is 0 Å². The van der Waals surface area contributed by atoms with Gasteiger partial charge < -0.3 is 14.8 Å². The van der Waals surface area contributed by atoms with Gasteiger partial charge in [0, 0.05) is 37.1 Å². The van der Waals surface area contributed by atoms with Crippen LogP contribution in [0, 0.1) is 13.8 Å². The topological polar surface area (TPSA) is 54.3 Å². The van der Waals surface area contributed by atoms with Crippen molar-refractivity contribution in [2.45, 2.75) is 77.3 Å². The van der Waals surface area contributed by atoms with Crippen LogP contribution in [0.3, 0.4) is 0 Å². The summed E-state index contributed by atoms with van der Waals surface area (Å²) in [5.41, 5.74) is 3.62. The summed E-state index contributed by atoms with van der Waals surface area (Å²) in [6.45, 7) is 4.97. The van der Waals surface area contributed by atoms with Crippen LogP contribution in [0.2, 0.25) is 0 Å². The molecule has 2 heterocycles. The van der Waals surface area contributed by atoms with Gasteiger partial charge in [0.2, 0.25) is 11.8 Å². The predicted molar refractivity (Wildman–Crippen MR) is 108 cm³/mol. The van der Waals surface area contributed by atoms with Crippen molar-refractivity contribution in [2.24, 2.45) is 0 Å². The van der Waals surface area contributed by atoms with Gasteiger partial charge in [0.15, 0.2) is 0 Å². The standard InChI is InChI=1S/C22H33N3O2/c1-16-15-18(17(2)25(16)19-9-5-4-6-10-19)12-13-21(26)24-14-8-7-11-20(24)22(27)23-3/h12-13,15,19-20H,4-11,14H2,1-3H3,(H,23,27). The Morgan fingerprint density at radius 1 is 1.07 bits per heavy atom. The van der Waals surface area contributed by atoms with Crippen LogP contribution >= 0.6 is 0 Å². The maximum atomic E-state index is 12.8. The van der Waals surface area contributed by atoms with Gasteiger partial charge in [-0.1, -0.05) is 19.3 Å². The van der Waals surface area contributed by atoms with Crippen LogP contribution in [0.4, 0.5) is 0 Å². The number of piperidine rings is 1. The summed E-state index contributed by atoms with van der Waals surface area (Å²) in [5, 5.41) is 2.69. The molecule has 0 radical (unpaired) electrons. The summed E-state index contributed by atoms with van der Waals surface area (Å²) in [6, 6.07) is 2.44. The first-order valence-corrected chi connectivity index (χ1v) is 10.4. The van der Waals surface area contributed by atoms with E-state index in [-0.39, 0.29) is 17.9 Å². The molecule has 0 spiro atoms. The van der Waals surface area contributed by atoms with Gasteiger partial charge in [-0.2, -0.15) is 0 Å². The van der Waals surface area contributed by atoms with E-state index in [9.17, 15) is 9.59 Å². The number of aryl methyl sites for hydroxylation is 1. The minimum absolute atomic E-state index is 0.0630. The number of hydrogen-bond donors (Lipinski definition) is 1. The number of hydrogen-bond acceptors (Lipinski definition) is 2. The number of nitrogens with one attached hydrogen (secondary N) is 1. The molecular formula is C22H33N3O2. The van der Waals surface area contributed by atoms with Crippen LogP contribution in [0.1, 0.15) is 74.4 Å². The van der Waals surface area contributed by atoms with Gasteiger partial charge in [0.05, 0.1) is 0 Å². The molecule has 1 aromatic rings. The van der Waals surface area contributed by atoms with E-state index in [1.165, 1.54) is 43.5 Å². The molecule has 148 valence electrons. The van der Waals surface area contributed by atoms with E-state index in [0.717, 1.165) is 24.8 Å². The van der Waals surface area contributed by atoms with Crippen LogP contribution in [0.25, 0.3) is 6.08 Å². The highest BCUT2D eigenvalue weighted by Crippen LogP contribution is 2.32. The molecule has 1 N–H and O–H groups in total. The van der Waals surface area contributed by atoms with E-state index in [1.54, 1.807) is 18.0 Å². The quantitative estimate of drug-likeness (QED) is 0.820. The molecule has 0 bridgehead atoms. The summed E-state index contributed by atoms with van der Waals surface area (Å²) in [6.07, 6.45) is 12.7. The van der Waals surface area contributed by atoms with Crippen LogP contribution in [0.5, 0.6) is 0 Å². The highest BCUT2D eigenvalue weighted by molar-refractivity contribution is 5.95. The lowest BCUT2D eigenvalue weighted by atomic mass is 9.95. The summed E-state index contributed by atoms with van der Waals surface area (Å²) >= 11 is 0. The zero-order valence-corrected chi connectivity index (χ0v) is 17.0. The van der Waals surface area contributed by atoms with Crippen LogP contribution in [-0.2, 0) is 9.59 Å². The zero-order chi connectivity index (χ0) is 19.4. The Morgan fingerprint density at radius 2 is 1.78 bits per heavy atom. The third-order valence-corrected chi connectivity index (χ3v) is 6.20. The van der Waals surface area contributed by atoms with E-state index in [1.807, 2.05) is 6.08 Å². The van der Waals surface area contributed by atoms with Crippen molar-refractivity contribution in [1.29, 1.82) is 0 Å². The van der Waals surface area contributed by atoms with Crippen LogP contribution in [0.15, 0.2) is 12.1 Å². The molecule has 5 heteroatoms. The Balaban J connectivity index is 1.75. The van der Waals surface area contributed by atoms with E-state index in [0.29, 0.717) is 12.6 Å². The fourth-order valence-electron chi connectivity index (χ4n) is 4.76. The molecule has 0 aromatic carbocycles. The molecule has 1 saturated carbocycles. The van der Waals surface area contributed by atoms with Crippen molar-refractivity contribution in [3.05, 3.63) is 29.1 Å². The molecule has 27 heavy (non-hydrogen) atoms. The lowest BCUT2D eigenvalue weighted by Gasteiger charge is -2.33. The fraction of sp³-hybridized carbons (Fsp3) is 0.636. The van der Waals surface area contributed by atoms with E-state index in [2.05, 4.69) is 29.8 Å². The van der Waals surface area contributed by atoms with Crippen molar-refractivity contribution in [3.8, 4) is 0 Å². The number of carbonyl (C=O) groups is 2. The third kappa shape index (κ3) is 4.28. The Kier molecular flexibility index (Phi) is 6.40. The molecule has 2 aliphatic rings. The summed E-state index contributed by atoms with van der Waals surface area (Å²) in [5.74, 6) is -0.127. The second-order valence-electron chi connectivity index (χ2n) is 7.98. The Labute approximate surface area is 162 Å². The van der Waals surface area contributed by atoms with Gasteiger partial charge in [-0.3, -0.25) is 9.59 Å². The average Bonchev–Trinajstić information content (AvgIpc) is 2.99. The number of likely N-dealkylation sites (N-methyl/N-ethyl adjacent to an activating group) is 1. The van der Waals surface area contributed by atoms with Crippen molar-refractivity contribution < 1.29 is 9.59 Å². The monoisotopic (exact) mass is 371 g/mol. The second kappa shape index (κ2) is 8.77. The third-order valence-electron chi connectivity index (χ3n) is 6.20. The molecular weight excluding hydrogens is 338 g/mol. The van der Waals surface area contributed by atoms with Gasteiger partial charge in [0.1, 0.15) is 6.04 Å². The molecule has 1 saturated heterocycles. The molecule has 1 atom stereocenters. The summed E-state index contributed by atoms with van der Waals surface area (Å²) in [4.78, 5) is 26.6. The normalized spacial score (nSPS) is 21.6. The molecule has 1 aliphatic heterocycles. The van der Waals surface area contributed by atoms with Gasteiger partial charge in [0.25, 0.3) is 0 Å². The lowest BCUT2D eigenvalue weighted by molar-refractivity contribution is -0.138. The number of amides is 2. The van der Waals surface area contributed by atoms with Crippen molar-refractivity contribution in [3.63, 3.8) is 0 Å². The molecule has 3 rings (SSSR count). The molecule has 2 amide bonds. The number of rotatable bonds is 4. The average molecular weight is 372 g/mol. The Hall–Kier alpha value is -2.04. The highest BCUT2D eigenvalue weighted by Gasteiger charge is 2.30. The van der Waals surface area contributed by atoms with E-state index >= 15 is 0 Å².